The maximum absolute atomic E-state index is 12.5. The molecule has 96 valence electrons. The lowest BCUT2D eigenvalue weighted by Gasteiger charge is -2.41. The van der Waals surface area contributed by atoms with Crippen LogP contribution in [-0.2, 0) is 10.2 Å². The Balaban J connectivity index is 1.82. The fraction of sp³-hybridized carbons (Fsp3) is 0.533. The molecule has 0 aliphatic heterocycles. The van der Waals surface area contributed by atoms with Crippen molar-refractivity contribution >= 4 is 5.91 Å². The Morgan fingerprint density at radius 2 is 1.83 bits per heavy atom. The Morgan fingerprint density at radius 1 is 1.17 bits per heavy atom. The molecule has 0 unspecified atom stereocenters. The van der Waals surface area contributed by atoms with Gasteiger partial charge in [-0.15, -0.1) is 0 Å². The third kappa shape index (κ3) is 1.74. The van der Waals surface area contributed by atoms with Gasteiger partial charge in [0.1, 0.15) is 0 Å². The predicted octanol–water partition coefficient (Wildman–Crippen LogP) is 1.75. The second-order valence-corrected chi connectivity index (χ2v) is 5.69. The number of hydrogen-bond donors (Lipinski definition) is 2. The Labute approximate surface area is 107 Å². The lowest BCUT2D eigenvalue weighted by molar-refractivity contribution is -0.131. The number of amides is 1. The molecule has 0 heterocycles. The molecule has 0 saturated heterocycles. The molecule has 2 saturated carbocycles. The molecular weight excluding hydrogens is 226 g/mol. The van der Waals surface area contributed by atoms with Crippen LogP contribution in [0, 0.1) is 0 Å². The van der Waals surface area contributed by atoms with Gasteiger partial charge in [-0.1, -0.05) is 36.8 Å². The second kappa shape index (κ2) is 4.09. The Morgan fingerprint density at radius 3 is 2.28 bits per heavy atom. The van der Waals surface area contributed by atoms with E-state index in [9.17, 15) is 9.90 Å². The van der Waals surface area contributed by atoms with Crippen LogP contribution in [0.4, 0.5) is 0 Å². The van der Waals surface area contributed by atoms with Crippen molar-refractivity contribution in [1.82, 2.24) is 5.32 Å². The molecular formula is C15H19NO2. The Hall–Kier alpha value is -1.35. The van der Waals surface area contributed by atoms with Gasteiger partial charge in [0.15, 0.2) is 0 Å². The van der Waals surface area contributed by atoms with Gasteiger partial charge in [0.05, 0.1) is 17.6 Å². The summed E-state index contributed by atoms with van der Waals surface area (Å²) in [6, 6.07) is 10.0. The first kappa shape index (κ1) is 11.7. The molecule has 3 nitrogen and oxygen atoms in total. The summed E-state index contributed by atoms with van der Waals surface area (Å²) in [4.78, 5) is 12.5. The van der Waals surface area contributed by atoms with Crippen LogP contribution in [0.25, 0.3) is 0 Å². The summed E-state index contributed by atoms with van der Waals surface area (Å²) >= 11 is 0. The van der Waals surface area contributed by atoms with Gasteiger partial charge in [-0.25, -0.2) is 0 Å². The second-order valence-electron chi connectivity index (χ2n) is 5.69. The molecule has 0 spiro atoms. The van der Waals surface area contributed by atoms with Crippen molar-refractivity contribution in [2.75, 3.05) is 6.61 Å². The van der Waals surface area contributed by atoms with Crippen LogP contribution in [-0.4, -0.2) is 23.2 Å². The average Bonchev–Trinajstić information content (AvgIpc) is 3.09. The summed E-state index contributed by atoms with van der Waals surface area (Å²) in [5, 5.41) is 12.4. The molecule has 3 rings (SSSR count). The molecule has 1 aromatic carbocycles. The smallest absolute Gasteiger partial charge is 0.231 e. The molecule has 3 heteroatoms. The molecule has 0 atom stereocenters. The lowest BCUT2D eigenvalue weighted by atomic mass is 9.63. The van der Waals surface area contributed by atoms with Crippen LogP contribution >= 0.6 is 0 Å². The number of aliphatic hydroxyl groups is 1. The van der Waals surface area contributed by atoms with Crippen molar-refractivity contribution in [2.24, 2.45) is 0 Å². The van der Waals surface area contributed by atoms with Crippen molar-refractivity contribution in [3.05, 3.63) is 35.9 Å². The van der Waals surface area contributed by atoms with Crippen LogP contribution in [0.1, 0.15) is 37.7 Å². The van der Waals surface area contributed by atoms with Gasteiger partial charge in [0, 0.05) is 0 Å². The van der Waals surface area contributed by atoms with E-state index < -0.39 is 0 Å². The first-order valence-electron chi connectivity index (χ1n) is 6.70. The maximum Gasteiger partial charge on any atom is 0.231 e. The normalized spacial score (nSPS) is 22.9. The van der Waals surface area contributed by atoms with E-state index in [4.69, 9.17) is 0 Å². The SMILES string of the molecule is O=C(NC1(CO)CC1)C1(c2ccccc2)CCC1. The maximum atomic E-state index is 12.5. The molecule has 1 aromatic rings. The van der Waals surface area contributed by atoms with E-state index in [2.05, 4.69) is 5.32 Å². The van der Waals surface area contributed by atoms with Crippen molar-refractivity contribution in [2.45, 2.75) is 43.1 Å². The molecule has 0 bridgehead atoms. The fourth-order valence-electron chi connectivity index (χ4n) is 2.77. The zero-order valence-electron chi connectivity index (χ0n) is 10.5. The molecule has 2 fully saturated rings. The first-order chi connectivity index (χ1) is 8.71. The molecule has 2 N–H and O–H groups in total. The highest BCUT2D eigenvalue weighted by atomic mass is 16.3. The number of carbonyl (C=O) groups excluding carboxylic acids is 1. The fourth-order valence-corrected chi connectivity index (χ4v) is 2.77. The molecule has 2 aliphatic rings. The minimum Gasteiger partial charge on any atom is -0.394 e. The van der Waals surface area contributed by atoms with Crippen molar-refractivity contribution in [3.8, 4) is 0 Å². The number of aliphatic hydroxyl groups excluding tert-OH is 1. The average molecular weight is 245 g/mol. The Bertz CT molecular complexity index is 447. The highest BCUT2D eigenvalue weighted by Gasteiger charge is 2.51. The number of nitrogens with one attached hydrogen (secondary N) is 1. The van der Waals surface area contributed by atoms with Crippen molar-refractivity contribution in [3.63, 3.8) is 0 Å². The van der Waals surface area contributed by atoms with E-state index in [-0.39, 0.29) is 23.5 Å². The third-order valence-corrected chi connectivity index (χ3v) is 4.50. The summed E-state index contributed by atoms with van der Waals surface area (Å²) in [5.41, 5.74) is 0.461. The van der Waals surface area contributed by atoms with Crippen LogP contribution in [0.2, 0.25) is 0 Å². The van der Waals surface area contributed by atoms with Crippen LogP contribution < -0.4 is 5.32 Å². The summed E-state index contributed by atoms with van der Waals surface area (Å²) < 4.78 is 0. The quantitative estimate of drug-likeness (QED) is 0.849. The topological polar surface area (TPSA) is 49.3 Å². The minimum absolute atomic E-state index is 0.0591. The van der Waals surface area contributed by atoms with Gasteiger partial charge in [0.25, 0.3) is 0 Å². The summed E-state index contributed by atoms with van der Waals surface area (Å²) in [6.45, 7) is 0.0591. The molecule has 1 amide bonds. The summed E-state index contributed by atoms with van der Waals surface area (Å²) in [7, 11) is 0. The van der Waals surface area contributed by atoms with Gasteiger partial charge in [-0.2, -0.15) is 0 Å². The van der Waals surface area contributed by atoms with Crippen LogP contribution in [0.3, 0.4) is 0 Å². The van der Waals surface area contributed by atoms with E-state index in [0.717, 1.165) is 37.7 Å². The number of hydrogen-bond acceptors (Lipinski definition) is 2. The van der Waals surface area contributed by atoms with E-state index in [1.54, 1.807) is 0 Å². The molecule has 18 heavy (non-hydrogen) atoms. The van der Waals surface area contributed by atoms with E-state index in [0.29, 0.717) is 0 Å². The largest absolute Gasteiger partial charge is 0.394 e. The molecule has 2 aliphatic carbocycles. The van der Waals surface area contributed by atoms with Crippen LogP contribution in [0.5, 0.6) is 0 Å². The highest BCUT2D eigenvalue weighted by molar-refractivity contribution is 5.90. The van der Waals surface area contributed by atoms with Gasteiger partial charge >= 0.3 is 0 Å². The zero-order chi connectivity index (χ0) is 12.6. The monoisotopic (exact) mass is 245 g/mol. The van der Waals surface area contributed by atoms with Gasteiger partial charge in [0.2, 0.25) is 5.91 Å². The number of rotatable bonds is 4. The Kier molecular flexibility index (Phi) is 2.67. The third-order valence-electron chi connectivity index (χ3n) is 4.50. The van der Waals surface area contributed by atoms with Gasteiger partial charge < -0.3 is 10.4 Å². The van der Waals surface area contributed by atoms with Crippen molar-refractivity contribution < 1.29 is 9.90 Å². The zero-order valence-corrected chi connectivity index (χ0v) is 10.5. The van der Waals surface area contributed by atoms with E-state index in [1.807, 2.05) is 30.3 Å². The van der Waals surface area contributed by atoms with Crippen LogP contribution in [0.15, 0.2) is 30.3 Å². The summed E-state index contributed by atoms with van der Waals surface area (Å²) in [6.07, 6.45) is 4.75. The van der Waals surface area contributed by atoms with Crippen molar-refractivity contribution in [1.29, 1.82) is 0 Å². The first-order valence-corrected chi connectivity index (χ1v) is 6.70. The van der Waals surface area contributed by atoms with E-state index >= 15 is 0 Å². The standard InChI is InChI=1S/C15H19NO2/c17-11-14(9-10-14)16-13(18)15(7-4-8-15)12-5-2-1-3-6-12/h1-3,5-6,17H,4,7-11H2,(H,16,18). The molecule has 0 aromatic heterocycles. The molecule has 0 radical (unpaired) electrons. The lowest BCUT2D eigenvalue weighted by Crippen LogP contribution is -2.53. The predicted molar refractivity (Wildman–Crippen MR) is 69.2 cm³/mol. The number of benzene rings is 1. The van der Waals surface area contributed by atoms with Gasteiger partial charge in [-0.3, -0.25) is 4.79 Å². The summed E-state index contributed by atoms with van der Waals surface area (Å²) in [5.74, 6) is 0.103. The van der Waals surface area contributed by atoms with E-state index in [1.165, 1.54) is 0 Å². The highest BCUT2D eigenvalue weighted by Crippen LogP contribution is 2.45. The van der Waals surface area contributed by atoms with Gasteiger partial charge in [-0.05, 0) is 31.2 Å². The number of carbonyl (C=O) groups is 1. The minimum atomic E-state index is -0.341.